The molecule has 154 valence electrons. The van der Waals surface area contributed by atoms with Crippen LogP contribution >= 0.6 is 11.3 Å². The van der Waals surface area contributed by atoms with Crippen LogP contribution in [0.25, 0.3) is 0 Å². The Hall–Kier alpha value is -2.34. The average molecular weight is 413 g/mol. The lowest BCUT2D eigenvalue weighted by Gasteiger charge is -2.37. The topological polar surface area (TPSA) is 58.6 Å². The van der Waals surface area contributed by atoms with Crippen LogP contribution in [-0.4, -0.2) is 36.9 Å². The molecule has 1 spiro atoms. The fourth-order valence-corrected chi connectivity index (χ4v) is 5.65. The molecule has 6 heteroatoms. The highest BCUT2D eigenvalue weighted by Gasteiger charge is 2.51. The van der Waals surface area contributed by atoms with Crippen LogP contribution in [0.2, 0.25) is 0 Å². The molecule has 1 aliphatic carbocycles. The number of hydrogen-bond donors (Lipinski definition) is 1. The van der Waals surface area contributed by atoms with Crippen LogP contribution in [0.15, 0.2) is 41.8 Å². The number of carbonyl (C=O) groups excluding carboxylic acids is 2. The quantitative estimate of drug-likeness (QED) is 0.805. The number of para-hydroxylation sites is 1. The fraction of sp³-hybridized carbons (Fsp3) is 0.478. The first-order valence-electron chi connectivity index (χ1n) is 10.4. The van der Waals surface area contributed by atoms with Crippen molar-refractivity contribution in [3.8, 4) is 5.75 Å². The largest absolute Gasteiger partial charge is 0.496 e. The predicted molar refractivity (Wildman–Crippen MR) is 114 cm³/mol. The van der Waals surface area contributed by atoms with Crippen molar-refractivity contribution in [2.24, 2.45) is 11.3 Å². The molecule has 2 aliphatic rings. The van der Waals surface area contributed by atoms with Crippen LogP contribution in [-0.2, 0) is 11.3 Å². The number of methoxy groups -OCH3 is 1. The summed E-state index contributed by atoms with van der Waals surface area (Å²) in [6, 6.07) is 11.5. The lowest BCUT2D eigenvalue weighted by atomic mass is 9.67. The summed E-state index contributed by atoms with van der Waals surface area (Å²) in [7, 11) is 1.64. The average Bonchev–Trinajstić information content (AvgIpc) is 3.41. The highest BCUT2D eigenvalue weighted by molar-refractivity contribution is 7.12. The van der Waals surface area contributed by atoms with Crippen molar-refractivity contribution in [3.05, 3.63) is 52.2 Å². The second-order valence-corrected chi connectivity index (χ2v) is 9.12. The van der Waals surface area contributed by atoms with Crippen molar-refractivity contribution in [1.29, 1.82) is 0 Å². The van der Waals surface area contributed by atoms with Crippen molar-refractivity contribution in [2.45, 2.75) is 38.6 Å². The van der Waals surface area contributed by atoms with E-state index in [-0.39, 0.29) is 23.1 Å². The molecule has 1 aromatic carbocycles. The molecule has 1 aliphatic heterocycles. The van der Waals surface area contributed by atoms with Crippen molar-refractivity contribution in [2.75, 3.05) is 20.2 Å². The molecule has 1 N–H and O–H groups in total. The molecule has 4 rings (SSSR count). The zero-order valence-electron chi connectivity index (χ0n) is 16.9. The van der Waals surface area contributed by atoms with Gasteiger partial charge >= 0.3 is 0 Å². The first-order valence-corrected chi connectivity index (χ1v) is 11.2. The molecule has 0 bridgehead atoms. The molecule has 2 fully saturated rings. The summed E-state index contributed by atoms with van der Waals surface area (Å²) in [5.74, 6) is 0.742. The van der Waals surface area contributed by atoms with Gasteiger partial charge in [-0.25, -0.2) is 0 Å². The normalized spacial score (nSPS) is 20.6. The third kappa shape index (κ3) is 4.04. The number of nitrogens with one attached hydrogen (secondary N) is 1. The summed E-state index contributed by atoms with van der Waals surface area (Å²) < 4.78 is 5.40. The summed E-state index contributed by atoms with van der Waals surface area (Å²) >= 11 is 1.47. The monoisotopic (exact) mass is 412 g/mol. The van der Waals surface area contributed by atoms with Gasteiger partial charge in [-0.1, -0.05) is 43.5 Å². The molecule has 0 unspecified atom stereocenters. The van der Waals surface area contributed by atoms with E-state index >= 15 is 0 Å². The summed E-state index contributed by atoms with van der Waals surface area (Å²) in [6.45, 7) is 1.64. The van der Waals surface area contributed by atoms with Crippen LogP contribution in [0.4, 0.5) is 0 Å². The summed E-state index contributed by atoms with van der Waals surface area (Å²) in [6.07, 6.45) is 5.53. The van der Waals surface area contributed by atoms with E-state index in [1.165, 1.54) is 17.8 Å². The maximum Gasteiger partial charge on any atom is 0.263 e. The van der Waals surface area contributed by atoms with Crippen LogP contribution in [0.1, 0.15) is 47.3 Å². The van der Waals surface area contributed by atoms with Crippen LogP contribution in [0.5, 0.6) is 5.75 Å². The van der Waals surface area contributed by atoms with Crippen molar-refractivity contribution in [3.63, 3.8) is 0 Å². The Morgan fingerprint density at radius 2 is 1.97 bits per heavy atom. The van der Waals surface area contributed by atoms with Gasteiger partial charge in [-0.05, 0) is 30.4 Å². The Kier molecular flexibility index (Phi) is 5.90. The minimum absolute atomic E-state index is 0.0549. The Balaban J connectivity index is 1.50. The van der Waals surface area contributed by atoms with E-state index in [9.17, 15) is 9.59 Å². The highest BCUT2D eigenvalue weighted by atomic mass is 32.1. The summed E-state index contributed by atoms with van der Waals surface area (Å²) in [5, 5.41) is 5.05. The molecule has 29 heavy (non-hydrogen) atoms. The smallest absolute Gasteiger partial charge is 0.263 e. The SMILES string of the molecule is COc1ccccc1CNC(=O)[C@H]1CN(C(=O)c2cccs2)CC12CCCCC2. The van der Waals surface area contributed by atoms with Gasteiger partial charge in [0.15, 0.2) is 0 Å². The van der Waals surface area contributed by atoms with E-state index in [2.05, 4.69) is 5.32 Å². The zero-order chi connectivity index (χ0) is 20.3. The molecule has 1 saturated carbocycles. The molecule has 5 nitrogen and oxygen atoms in total. The summed E-state index contributed by atoms with van der Waals surface area (Å²) in [4.78, 5) is 28.9. The first-order chi connectivity index (χ1) is 14.1. The molecular formula is C23H28N2O3S. The van der Waals surface area contributed by atoms with E-state index in [0.717, 1.165) is 41.9 Å². The van der Waals surface area contributed by atoms with Gasteiger partial charge in [0, 0.05) is 30.6 Å². The Morgan fingerprint density at radius 1 is 1.17 bits per heavy atom. The number of nitrogens with zero attached hydrogens (tertiary/aromatic N) is 1. The van der Waals surface area contributed by atoms with Gasteiger partial charge in [0.25, 0.3) is 5.91 Å². The van der Waals surface area contributed by atoms with Gasteiger partial charge < -0.3 is 15.0 Å². The number of benzene rings is 1. The minimum Gasteiger partial charge on any atom is -0.496 e. The number of likely N-dealkylation sites (tertiary alicyclic amines) is 1. The minimum atomic E-state index is -0.151. The fourth-order valence-electron chi connectivity index (χ4n) is 4.96. The molecule has 2 aromatic rings. The van der Waals surface area contributed by atoms with Crippen LogP contribution < -0.4 is 10.1 Å². The molecule has 2 heterocycles. The van der Waals surface area contributed by atoms with E-state index in [1.54, 1.807) is 7.11 Å². The van der Waals surface area contributed by atoms with Gasteiger partial charge in [-0.3, -0.25) is 9.59 Å². The van der Waals surface area contributed by atoms with E-state index in [1.807, 2.05) is 46.7 Å². The first kappa shape index (κ1) is 20.0. The van der Waals surface area contributed by atoms with E-state index < -0.39 is 0 Å². The molecule has 1 saturated heterocycles. The number of hydrogen-bond acceptors (Lipinski definition) is 4. The van der Waals surface area contributed by atoms with Crippen LogP contribution in [0, 0.1) is 11.3 Å². The predicted octanol–water partition coefficient (Wildman–Crippen LogP) is 4.10. The number of rotatable bonds is 5. The standard InChI is InChI=1S/C23H28N2O3S/c1-28-19-9-4-3-8-17(19)14-24-21(26)18-15-25(22(27)20-10-7-13-29-20)16-23(18)11-5-2-6-12-23/h3-4,7-10,13,18H,2,5-6,11-12,14-16H2,1H3,(H,24,26)/t18-/m1/s1. The number of carbonyl (C=O) groups is 2. The number of amides is 2. The molecule has 0 radical (unpaired) electrons. The third-order valence-electron chi connectivity index (χ3n) is 6.48. The maximum absolute atomic E-state index is 13.3. The third-order valence-corrected chi connectivity index (χ3v) is 7.34. The van der Waals surface area contributed by atoms with Gasteiger partial charge in [-0.15, -0.1) is 11.3 Å². The second kappa shape index (κ2) is 8.57. The maximum atomic E-state index is 13.3. The second-order valence-electron chi connectivity index (χ2n) is 8.17. The Morgan fingerprint density at radius 3 is 2.69 bits per heavy atom. The zero-order valence-corrected chi connectivity index (χ0v) is 17.7. The highest BCUT2D eigenvalue weighted by Crippen LogP contribution is 2.48. The van der Waals surface area contributed by atoms with Crippen LogP contribution in [0.3, 0.4) is 0 Å². The number of thiophene rings is 1. The molecular weight excluding hydrogens is 384 g/mol. The van der Waals surface area contributed by atoms with Gasteiger partial charge in [0.05, 0.1) is 17.9 Å². The summed E-state index contributed by atoms with van der Waals surface area (Å²) in [5.41, 5.74) is 0.876. The van der Waals surface area contributed by atoms with Crippen molar-refractivity contribution < 1.29 is 14.3 Å². The van der Waals surface area contributed by atoms with Crippen molar-refractivity contribution >= 4 is 23.2 Å². The molecule has 1 atom stereocenters. The molecule has 1 aromatic heterocycles. The number of ether oxygens (including phenoxy) is 1. The van der Waals surface area contributed by atoms with Gasteiger partial charge in [-0.2, -0.15) is 0 Å². The van der Waals surface area contributed by atoms with Crippen molar-refractivity contribution in [1.82, 2.24) is 10.2 Å². The lowest BCUT2D eigenvalue weighted by Crippen LogP contribution is -2.42. The van der Waals surface area contributed by atoms with E-state index in [0.29, 0.717) is 19.6 Å². The Labute approximate surface area is 176 Å². The Bertz CT molecular complexity index is 859. The van der Waals surface area contributed by atoms with E-state index in [4.69, 9.17) is 4.74 Å². The van der Waals surface area contributed by atoms with Gasteiger partial charge in [0.1, 0.15) is 5.75 Å². The molecule has 2 amide bonds. The lowest BCUT2D eigenvalue weighted by molar-refractivity contribution is -0.128. The van der Waals surface area contributed by atoms with Gasteiger partial charge in [0.2, 0.25) is 5.91 Å².